The highest BCUT2D eigenvalue weighted by atomic mass is 32.1. The molecule has 3 heterocycles. The molecule has 0 unspecified atom stereocenters. The molecule has 94 valence electrons. The van der Waals surface area contributed by atoms with E-state index in [0.29, 0.717) is 5.89 Å². The number of hydrogen-bond acceptors (Lipinski definition) is 7. The molecule has 0 saturated carbocycles. The maximum absolute atomic E-state index is 8.90. The number of nitrogens with two attached hydrogens (primary N) is 1. The lowest BCUT2D eigenvalue weighted by molar-refractivity contribution is 0.588. The fraction of sp³-hybridized carbons (Fsp3) is 0. The minimum atomic E-state index is 0.156. The van der Waals surface area contributed by atoms with Crippen LogP contribution in [0.3, 0.4) is 0 Å². The van der Waals surface area contributed by atoms with Crippen molar-refractivity contribution in [1.82, 2.24) is 4.98 Å². The monoisotopic (exact) mass is 288 g/mol. The summed E-state index contributed by atoms with van der Waals surface area (Å²) in [5.74, 6) is 5.85. The van der Waals surface area contributed by atoms with Crippen molar-refractivity contribution < 1.29 is 4.42 Å². The van der Waals surface area contributed by atoms with Crippen molar-refractivity contribution >= 4 is 28.6 Å². The molecule has 5 nitrogen and oxygen atoms in total. The predicted octanol–water partition coefficient (Wildman–Crippen LogP) is 3.29. The number of anilines is 1. The van der Waals surface area contributed by atoms with E-state index in [0.717, 1.165) is 9.75 Å². The topological polar surface area (TPSA) is 87.9 Å². The molecule has 0 aliphatic heterocycles. The lowest BCUT2D eigenvalue weighted by Gasteiger charge is -1.91. The van der Waals surface area contributed by atoms with Crippen molar-refractivity contribution in [3.05, 3.63) is 35.3 Å². The molecule has 0 aliphatic rings. The van der Waals surface area contributed by atoms with Crippen LogP contribution in [-0.4, -0.2) is 4.98 Å². The fourth-order valence-corrected chi connectivity index (χ4v) is 3.37. The van der Waals surface area contributed by atoms with E-state index in [1.807, 2.05) is 29.6 Å². The van der Waals surface area contributed by atoms with E-state index in [2.05, 4.69) is 16.5 Å². The van der Waals surface area contributed by atoms with Crippen LogP contribution in [0.1, 0.15) is 5.69 Å². The second-order valence-electron chi connectivity index (χ2n) is 3.59. The van der Waals surface area contributed by atoms with Crippen LogP contribution in [0.25, 0.3) is 20.5 Å². The van der Waals surface area contributed by atoms with Gasteiger partial charge in [0.25, 0.3) is 0 Å². The van der Waals surface area contributed by atoms with E-state index in [9.17, 15) is 0 Å². The van der Waals surface area contributed by atoms with Gasteiger partial charge in [-0.25, -0.2) is 5.84 Å². The molecule has 7 heteroatoms. The predicted molar refractivity (Wildman–Crippen MR) is 75.7 cm³/mol. The van der Waals surface area contributed by atoms with Crippen LogP contribution >= 0.6 is 22.7 Å². The van der Waals surface area contributed by atoms with Crippen molar-refractivity contribution in [1.29, 1.82) is 5.26 Å². The Bertz CT molecular complexity index is 736. The molecule has 3 rings (SSSR count). The molecule has 0 bridgehead atoms. The van der Waals surface area contributed by atoms with Gasteiger partial charge < -0.3 is 4.42 Å². The van der Waals surface area contributed by atoms with Gasteiger partial charge in [0.2, 0.25) is 17.5 Å². The molecular formula is C12H8N4OS2. The molecule has 3 aromatic heterocycles. The molecule has 0 atom stereocenters. The van der Waals surface area contributed by atoms with Gasteiger partial charge in [-0.05, 0) is 23.6 Å². The van der Waals surface area contributed by atoms with E-state index < -0.39 is 0 Å². The number of oxazole rings is 1. The molecule has 0 amide bonds. The summed E-state index contributed by atoms with van der Waals surface area (Å²) in [4.78, 5) is 7.31. The fourth-order valence-electron chi connectivity index (χ4n) is 1.60. The number of hydrazine groups is 1. The quantitative estimate of drug-likeness (QED) is 0.570. The minimum Gasteiger partial charge on any atom is -0.417 e. The van der Waals surface area contributed by atoms with Gasteiger partial charge in [-0.2, -0.15) is 10.2 Å². The van der Waals surface area contributed by atoms with E-state index in [-0.39, 0.29) is 11.6 Å². The van der Waals surface area contributed by atoms with Gasteiger partial charge in [0.1, 0.15) is 6.07 Å². The Kier molecular flexibility index (Phi) is 3.05. The van der Waals surface area contributed by atoms with Crippen molar-refractivity contribution in [3.63, 3.8) is 0 Å². The highest BCUT2D eigenvalue weighted by molar-refractivity contribution is 7.23. The number of nitriles is 1. The summed E-state index contributed by atoms with van der Waals surface area (Å²) in [6, 6.07) is 9.93. The smallest absolute Gasteiger partial charge is 0.246 e. The molecule has 0 saturated heterocycles. The number of rotatable bonds is 3. The first-order valence-corrected chi connectivity index (χ1v) is 7.03. The first-order chi connectivity index (χ1) is 9.31. The molecule has 19 heavy (non-hydrogen) atoms. The molecule has 0 aliphatic carbocycles. The van der Waals surface area contributed by atoms with Crippen LogP contribution in [0.15, 0.2) is 34.1 Å². The van der Waals surface area contributed by atoms with Crippen molar-refractivity contribution in [2.75, 3.05) is 5.43 Å². The Labute approximate surface area is 116 Å². The SMILES string of the molecule is N#Cc1nc(-c2ccc(-c3cccs3)s2)oc1NN. The molecule has 0 aromatic carbocycles. The molecule has 0 spiro atoms. The third-order valence-corrected chi connectivity index (χ3v) is 4.58. The van der Waals surface area contributed by atoms with Crippen molar-refractivity contribution in [3.8, 4) is 26.6 Å². The number of nitrogen functional groups attached to an aromatic ring is 1. The molecule has 3 N–H and O–H groups in total. The summed E-state index contributed by atoms with van der Waals surface area (Å²) in [6.07, 6.45) is 0. The molecular weight excluding hydrogens is 280 g/mol. The summed E-state index contributed by atoms with van der Waals surface area (Å²) in [6.45, 7) is 0. The summed E-state index contributed by atoms with van der Waals surface area (Å²) >= 11 is 3.24. The maximum Gasteiger partial charge on any atom is 0.246 e. The molecule has 0 fully saturated rings. The van der Waals surface area contributed by atoms with E-state index >= 15 is 0 Å². The van der Waals surface area contributed by atoms with Gasteiger partial charge in [0.05, 0.1) is 4.88 Å². The second kappa shape index (κ2) is 4.85. The lowest BCUT2D eigenvalue weighted by atomic mass is 10.4. The summed E-state index contributed by atoms with van der Waals surface area (Å²) < 4.78 is 5.42. The van der Waals surface area contributed by atoms with Crippen LogP contribution in [0.4, 0.5) is 5.88 Å². The van der Waals surface area contributed by atoms with Crippen molar-refractivity contribution in [2.45, 2.75) is 0 Å². The van der Waals surface area contributed by atoms with Gasteiger partial charge in [-0.15, -0.1) is 22.7 Å². The average molecular weight is 288 g/mol. The zero-order chi connectivity index (χ0) is 13.2. The van der Waals surface area contributed by atoms with Gasteiger partial charge in [0, 0.05) is 9.75 Å². The summed E-state index contributed by atoms with van der Waals surface area (Å²) in [5, 5.41) is 10.9. The van der Waals surface area contributed by atoms with E-state index in [1.54, 1.807) is 22.7 Å². The highest BCUT2D eigenvalue weighted by Gasteiger charge is 2.15. The Balaban J connectivity index is 1.99. The Hall–Kier alpha value is -2.14. The van der Waals surface area contributed by atoms with Crippen LogP contribution in [0.2, 0.25) is 0 Å². The normalized spacial score (nSPS) is 10.3. The number of hydrogen-bond donors (Lipinski definition) is 2. The Morgan fingerprint density at radius 3 is 2.74 bits per heavy atom. The van der Waals surface area contributed by atoms with Crippen LogP contribution in [0.5, 0.6) is 0 Å². The number of nitrogens with zero attached hydrogens (tertiary/aromatic N) is 2. The van der Waals surface area contributed by atoms with Crippen molar-refractivity contribution in [2.24, 2.45) is 5.84 Å². The summed E-state index contributed by atoms with van der Waals surface area (Å²) in [7, 11) is 0. The van der Waals surface area contributed by atoms with Gasteiger partial charge >= 0.3 is 0 Å². The minimum absolute atomic E-state index is 0.156. The first kappa shape index (κ1) is 11.9. The third kappa shape index (κ3) is 2.13. The van der Waals surface area contributed by atoms with Crippen LogP contribution in [-0.2, 0) is 0 Å². The highest BCUT2D eigenvalue weighted by Crippen LogP contribution is 2.37. The Morgan fingerprint density at radius 1 is 1.26 bits per heavy atom. The lowest BCUT2D eigenvalue weighted by Crippen LogP contribution is -2.06. The largest absolute Gasteiger partial charge is 0.417 e. The zero-order valence-electron chi connectivity index (χ0n) is 9.58. The van der Waals surface area contributed by atoms with E-state index in [1.165, 1.54) is 4.88 Å². The zero-order valence-corrected chi connectivity index (χ0v) is 11.2. The van der Waals surface area contributed by atoms with Gasteiger partial charge in [0.15, 0.2) is 0 Å². The number of aromatic nitrogens is 1. The number of thiophene rings is 2. The first-order valence-electron chi connectivity index (χ1n) is 5.33. The second-order valence-corrected chi connectivity index (χ2v) is 5.63. The van der Waals surface area contributed by atoms with Crippen LogP contribution in [0, 0.1) is 11.3 Å². The maximum atomic E-state index is 8.90. The van der Waals surface area contributed by atoms with E-state index in [4.69, 9.17) is 15.5 Å². The molecule has 0 radical (unpaired) electrons. The average Bonchev–Trinajstić information content (AvgIpc) is 3.16. The standard InChI is InChI=1S/C12H8N4OS2/c13-6-7-11(16-14)17-12(15-7)10-4-3-9(19-10)8-2-1-5-18-8/h1-5,16H,14H2. The summed E-state index contributed by atoms with van der Waals surface area (Å²) in [5.41, 5.74) is 2.48. The molecule has 3 aromatic rings. The van der Waals surface area contributed by atoms with Crippen LogP contribution < -0.4 is 11.3 Å². The number of nitrogens with one attached hydrogen (secondary N) is 1. The van der Waals surface area contributed by atoms with Gasteiger partial charge in [-0.3, -0.25) is 5.43 Å². The third-order valence-electron chi connectivity index (χ3n) is 2.44. The Morgan fingerprint density at radius 2 is 2.11 bits per heavy atom. The van der Waals surface area contributed by atoms with Gasteiger partial charge in [-0.1, -0.05) is 6.07 Å².